The van der Waals surface area contributed by atoms with Gasteiger partial charge in [-0.3, -0.25) is 14.4 Å². The van der Waals surface area contributed by atoms with E-state index in [1.165, 1.54) is 32.1 Å². The molecule has 0 N–H and O–H groups in total. The Balaban J connectivity index is 4.58. The maximum atomic E-state index is 12.9. The van der Waals surface area contributed by atoms with Gasteiger partial charge in [0, 0.05) is 19.3 Å². The Hall–Kier alpha value is -4.97. The third kappa shape index (κ3) is 55.8. The molecule has 0 fully saturated rings. The minimum atomic E-state index is -0.830. The Labute approximate surface area is 435 Å². The van der Waals surface area contributed by atoms with Crippen LogP contribution in [0, 0.1) is 0 Å². The van der Waals surface area contributed by atoms with E-state index in [-0.39, 0.29) is 44.0 Å². The maximum Gasteiger partial charge on any atom is 0.306 e. The Morgan fingerprint density at radius 2 is 0.606 bits per heavy atom. The van der Waals surface area contributed by atoms with Crippen LogP contribution in [0.5, 0.6) is 0 Å². The van der Waals surface area contributed by atoms with Crippen molar-refractivity contribution in [1.82, 2.24) is 0 Å². The number of carbonyl (C=O) groups excluding carboxylic acids is 3. The van der Waals surface area contributed by atoms with Crippen LogP contribution < -0.4 is 0 Å². The van der Waals surface area contributed by atoms with Gasteiger partial charge in [0.2, 0.25) is 0 Å². The lowest BCUT2D eigenvalue weighted by Crippen LogP contribution is -2.30. The molecule has 0 amide bonds. The lowest BCUT2D eigenvalue weighted by atomic mass is 10.1. The van der Waals surface area contributed by atoms with Gasteiger partial charge in [0.25, 0.3) is 0 Å². The van der Waals surface area contributed by atoms with Gasteiger partial charge in [-0.05, 0) is 116 Å². The van der Waals surface area contributed by atoms with Gasteiger partial charge in [0.15, 0.2) is 6.10 Å². The molecule has 0 rings (SSSR count). The summed E-state index contributed by atoms with van der Waals surface area (Å²) in [7, 11) is 0. The lowest BCUT2D eigenvalue weighted by Gasteiger charge is -2.18. The SMILES string of the molecule is CC\C=C/C=C\C=C/CCCCCCCCCC(=O)OCC(COC(=O)CC/C=C\C/C=C\C/C=C\C/C=C\C/C=C\C/C=C\CC)OC(=O)CCCCCCCC/C=C\C/C=C\C/C=C\C/C=C\CC. The molecule has 0 aromatic heterocycles. The van der Waals surface area contributed by atoms with E-state index in [4.69, 9.17) is 14.2 Å². The normalized spacial score (nSPS) is 13.3. The molecule has 0 aromatic carbocycles. The fraction of sp³-hybridized carbons (Fsp3) is 0.554. The lowest BCUT2D eigenvalue weighted by molar-refractivity contribution is -0.166. The first-order valence-corrected chi connectivity index (χ1v) is 28.0. The first-order valence-electron chi connectivity index (χ1n) is 28.0. The summed E-state index contributed by atoms with van der Waals surface area (Å²) in [5, 5.41) is 0. The molecule has 1 atom stereocenters. The average Bonchev–Trinajstić information content (AvgIpc) is 3.37. The van der Waals surface area contributed by atoms with Crippen molar-refractivity contribution in [1.29, 1.82) is 0 Å². The number of hydrogen-bond acceptors (Lipinski definition) is 6. The van der Waals surface area contributed by atoms with Gasteiger partial charge in [-0.2, -0.15) is 0 Å². The van der Waals surface area contributed by atoms with Crippen molar-refractivity contribution >= 4 is 17.9 Å². The summed E-state index contributed by atoms with van der Waals surface area (Å²) in [5.74, 6) is -1.04. The van der Waals surface area contributed by atoms with Crippen LogP contribution in [-0.4, -0.2) is 37.2 Å². The zero-order chi connectivity index (χ0) is 51.4. The zero-order valence-corrected chi connectivity index (χ0v) is 45.2. The average molecular weight is 978 g/mol. The zero-order valence-electron chi connectivity index (χ0n) is 45.2. The Morgan fingerprint density at radius 3 is 1.03 bits per heavy atom. The standard InChI is InChI=1S/C65H100O6/c1-4-7-10-13-16-19-22-25-28-30-32-34-37-40-43-46-49-52-55-58-64(67)70-61-62(60-69-63(66)57-54-51-48-45-42-39-36-27-24-21-18-15-12-9-6-3)71-65(68)59-56-53-50-47-44-41-38-35-33-31-29-26-23-20-17-14-11-8-5-2/h7-12,15-21,24-26,28-29,32-35,40,43,49,52,62H,4-6,13-14,22-23,27,30-31,36-39,41-42,44-48,50-51,53-61H2,1-3H3/b10-7-,11-8-,12-9-,18-15-,19-16-,20-17-,24-21-,28-25-,29-26-,34-32-,35-33-,43-40-,52-49-. The molecular formula is C65H100O6. The van der Waals surface area contributed by atoms with E-state index in [0.29, 0.717) is 12.8 Å². The van der Waals surface area contributed by atoms with Crippen LogP contribution in [-0.2, 0) is 28.6 Å². The number of unbranched alkanes of at least 4 members (excludes halogenated alkanes) is 13. The van der Waals surface area contributed by atoms with E-state index in [0.717, 1.165) is 135 Å². The van der Waals surface area contributed by atoms with E-state index in [1.807, 2.05) is 12.2 Å². The number of carbonyl (C=O) groups is 3. The van der Waals surface area contributed by atoms with Crippen molar-refractivity contribution in [3.8, 4) is 0 Å². The third-order valence-corrected chi connectivity index (χ3v) is 11.1. The van der Waals surface area contributed by atoms with Crippen molar-refractivity contribution in [3.63, 3.8) is 0 Å². The van der Waals surface area contributed by atoms with Crippen molar-refractivity contribution in [2.75, 3.05) is 13.2 Å². The summed E-state index contributed by atoms with van der Waals surface area (Å²) in [6.07, 6.45) is 83.8. The fourth-order valence-electron chi connectivity index (χ4n) is 6.99. The second-order valence-electron chi connectivity index (χ2n) is 17.8. The molecule has 0 saturated carbocycles. The van der Waals surface area contributed by atoms with Crippen LogP contribution in [0.15, 0.2) is 158 Å². The van der Waals surface area contributed by atoms with Gasteiger partial charge in [0.05, 0.1) is 0 Å². The molecule has 0 saturated heterocycles. The molecule has 1 unspecified atom stereocenters. The largest absolute Gasteiger partial charge is 0.462 e. The predicted octanol–water partition coefficient (Wildman–Crippen LogP) is 19.0. The second-order valence-corrected chi connectivity index (χ2v) is 17.8. The molecule has 0 aliphatic rings. The molecule has 6 nitrogen and oxygen atoms in total. The Kier molecular flexibility index (Phi) is 53.6. The number of ether oxygens (including phenoxy) is 3. The van der Waals surface area contributed by atoms with Crippen LogP contribution in [0.25, 0.3) is 0 Å². The van der Waals surface area contributed by atoms with Crippen LogP contribution in [0.2, 0.25) is 0 Å². The molecule has 6 heteroatoms. The molecule has 0 radical (unpaired) electrons. The van der Waals surface area contributed by atoms with Gasteiger partial charge in [0.1, 0.15) is 13.2 Å². The van der Waals surface area contributed by atoms with Crippen molar-refractivity contribution in [2.24, 2.45) is 0 Å². The molecule has 71 heavy (non-hydrogen) atoms. The van der Waals surface area contributed by atoms with Gasteiger partial charge in [-0.25, -0.2) is 0 Å². The minimum absolute atomic E-state index is 0.121. The molecule has 0 bridgehead atoms. The highest BCUT2D eigenvalue weighted by Gasteiger charge is 2.19. The smallest absolute Gasteiger partial charge is 0.306 e. The quantitative estimate of drug-likeness (QED) is 0.0199. The van der Waals surface area contributed by atoms with Crippen LogP contribution >= 0.6 is 0 Å². The molecule has 0 heterocycles. The third-order valence-electron chi connectivity index (χ3n) is 11.1. The number of hydrogen-bond donors (Lipinski definition) is 0. The Bertz CT molecular complexity index is 1640. The Morgan fingerprint density at radius 1 is 0.296 bits per heavy atom. The molecule has 0 aromatic rings. The summed E-state index contributed by atoms with van der Waals surface area (Å²) in [5.41, 5.74) is 0. The van der Waals surface area contributed by atoms with E-state index < -0.39 is 6.10 Å². The highest BCUT2D eigenvalue weighted by atomic mass is 16.6. The minimum Gasteiger partial charge on any atom is -0.462 e. The summed E-state index contributed by atoms with van der Waals surface area (Å²) >= 11 is 0. The summed E-state index contributed by atoms with van der Waals surface area (Å²) in [4.78, 5) is 38.1. The van der Waals surface area contributed by atoms with E-state index >= 15 is 0 Å². The maximum absolute atomic E-state index is 12.9. The topological polar surface area (TPSA) is 78.9 Å². The fourth-order valence-corrected chi connectivity index (χ4v) is 6.99. The highest BCUT2D eigenvalue weighted by molar-refractivity contribution is 5.71. The van der Waals surface area contributed by atoms with Gasteiger partial charge < -0.3 is 14.2 Å². The number of rotatable bonds is 48. The highest BCUT2D eigenvalue weighted by Crippen LogP contribution is 2.13. The van der Waals surface area contributed by atoms with Crippen LogP contribution in [0.1, 0.15) is 213 Å². The van der Waals surface area contributed by atoms with Crippen LogP contribution in [0.4, 0.5) is 0 Å². The molecule has 396 valence electrons. The molecular weight excluding hydrogens is 877 g/mol. The number of esters is 3. The molecule has 0 aliphatic carbocycles. The van der Waals surface area contributed by atoms with Gasteiger partial charge in [-0.1, -0.05) is 237 Å². The summed E-state index contributed by atoms with van der Waals surface area (Å²) < 4.78 is 16.8. The molecule has 0 spiro atoms. The van der Waals surface area contributed by atoms with Crippen molar-refractivity contribution in [3.05, 3.63) is 158 Å². The van der Waals surface area contributed by atoms with Crippen molar-refractivity contribution in [2.45, 2.75) is 219 Å². The summed E-state index contributed by atoms with van der Waals surface area (Å²) in [6.45, 7) is 6.18. The van der Waals surface area contributed by atoms with Gasteiger partial charge in [-0.15, -0.1) is 0 Å². The van der Waals surface area contributed by atoms with E-state index in [2.05, 4.69) is 167 Å². The van der Waals surface area contributed by atoms with E-state index in [1.54, 1.807) is 0 Å². The summed E-state index contributed by atoms with van der Waals surface area (Å²) in [6, 6.07) is 0. The first-order chi connectivity index (χ1) is 35.0. The van der Waals surface area contributed by atoms with Crippen LogP contribution in [0.3, 0.4) is 0 Å². The monoisotopic (exact) mass is 977 g/mol. The molecule has 0 aliphatic heterocycles. The number of allylic oxidation sites excluding steroid dienone is 26. The van der Waals surface area contributed by atoms with Crippen molar-refractivity contribution < 1.29 is 28.6 Å². The predicted molar refractivity (Wildman–Crippen MR) is 306 cm³/mol. The second kappa shape index (κ2) is 57.6. The van der Waals surface area contributed by atoms with E-state index in [9.17, 15) is 14.4 Å². The van der Waals surface area contributed by atoms with Gasteiger partial charge >= 0.3 is 17.9 Å². The first kappa shape index (κ1) is 66.0.